The van der Waals surface area contributed by atoms with Crippen LogP contribution in [-0.4, -0.2) is 19.3 Å². The van der Waals surface area contributed by atoms with Gasteiger partial charge in [-0.25, -0.2) is 8.42 Å². The van der Waals surface area contributed by atoms with E-state index in [1.54, 1.807) is 0 Å². The predicted molar refractivity (Wildman–Crippen MR) is 64.0 cm³/mol. The minimum Gasteiger partial charge on any atom is -0.380 e. The highest BCUT2D eigenvalue weighted by atomic mass is 127. The van der Waals surface area contributed by atoms with Gasteiger partial charge in [0.25, 0.3) is 0 Å². The van der Waals surface area contributed by atoms with Crippen LogP contribution in [0, 0.1) is 3.57 Å². The molecular weight excluding hydrogens is 331 g/mol. The molecule has 2 heterocycles. The number of halogens is 1. The highest BCUT2D eigenvalue weighted by Gasteiger charge is 2.35. The van der Waals surface area contributed by atoms with Crippen LogP contribution in [0.5, 0.6) is 0 Å². The van der Waals surface area contributed by atoms with E-state index in [-0.39, 0.29) is 11.6 Å². The van der Waals surface area contributed by atoms with Gasteiger partial charge >= 0.3 is 0 Å². The maximum Gasteiger partial charge on any atom is 0.180 e. The van der Waals surface area contributed by atoms with Crippen molar-refractivity contribution in [1.29, 1.82) is 0 Å². The fourth-order valence-electron chi connectivity index (χ4n) is 1.75. The third kappa shape index (κ3) is 1.99. The van der Waals surface area contributed by atoms with Crippen LogP contribution in [0.2, 0.25) is 0 Å². The molecule has 1 aliphatic rings. The Labute approximate surface area is 101 Å². The Morgan fingerprint density at radius 2 is 2.20 bits per heavy atom. The standard InChI is InChI=1S/C8H11IN2O3S/c9-6-7(14-11-8(6)10)5-3-1-2-4-15(5,12)13/h5H,1-4H2,(H2,10,11). The van der Waals surface area contributed by atoms with E-state index in [4.69, 9.17) is 10.3 Å². The smallest absolute Gasteiger partial charge is 0.180 e. The van der Waals surface area contributed by atoms with Crippen LogP contribution in [0.4, 0.5) is 5.82 Å². The van der Waals surface area contributed by atoms with Gasteiger partial charge in [0.2, 0.25) is 0 Å². The molecule has 5 nitrogen and oxygen atoms in total. The minimum absolute atomic E-state index is 0.231. The number of hydrogen-bond donors (Lipinski definition) is 1. The summed E-state index contributed by atoms with van der Waals surface area (Å²) in [5, 5.41) is 3.03. The number of nitrogens with two attached hydrogens (primary N) is 1. The first-order chi connectivity index (χ1) is 7.02. The summed E-state index contributed by atoms with van der Waals surface area (Å²) in [5.41, 5.74) is 5.53. The summed E-state index contributed by atoms with van der Waals surface area (Å²) in [5.74, 6) is 0.910. The molecule has 0 bridgehead atoms. The van der Waals surface area contributed by atoms with Gasteiger partial charge in [-0.2, -0.15) is 0 Å². The van der Waals surface area contributed by atoms with Crippen molar-refractivity contribution in [2.45, 2.75) is 24.5 Å². The Bertz CT molecular complexity index is 468. The molecule has 0 radical (unpaired) electrons. The first-order valence-corrected chi connectivity index (χ1v) is 7.44. The highest BCUT2D eigenvalue weighted by Crippen LogP contribution is 2.37. The molecule has 2 N–H and O–H groups in total. The number of nitrogens with zero attached hydrogens (tertiary/aromatic N) is 1. The fourth-order valence-corrected chi connectivity index (χ4v) is 4.44. The molecule has 1 atom stereocenters. The Balaban J connectivity index is 2.42. The average molecular weight is 342 g/mol. The third-order valence-corrected chi connectivity index (χ3v) is 5.81. The largest absolute Gasteiger partial charge is 0.380 e. The maximum atomic E-state index is 11.8. The summed E-state index contributed by atoms with van der Waals surface area (Å²) < 4.78 is 29.3. The van der Waals surface area contributed by atoms with Gasteiger partial charge in [0.05, 0.1) is 5.75 Å². The molecule has 0 saturated carbocycles. The second kappa shape index (κ2) is 3.93. The van der Waals surface area contributed by atoms with E-state index >= 15 is 0 Å². The third-order valence-electron chi connectivity index (χ3n) is 2.55. The van der Waals surface area contributed by atoms with Crippen LogP contribution >= 0.6 is 22.6 Å². The highest BCUT2D eigenvalue weighted by molar-refractivity contribution is 14.1. The molecular formula is C8H11IN2O3S. The van der Waals surface area contributed by atoms with Crippen molar-refractivity contribution in [1.82, 2.24) is 5.16 Å². The summed E-state index contributed by atoms with van der Waals surface area (Å²) >= 11 is 1.97. The zero-order chi connectivity index (χ0) is 11.1. The predicted octanol–water partition coefficient (Wildman–Crippen LogP) is 1.50. The van der Waals surface area contributed by atoms with Crippen molar-refractivity contribution >= 4 is 38.2 Å². The Kier molecular flexibility index (Phi) is 2.93. The summed E-state index contributed by atoms with van der Waals surface area (Å²) in [6.07, 6.45) is 2.24. The molecule has 0 aliphatic carbocycles. The van der Waals surface area contributed by atoms with Crippen LogP contribution in [0.1, 0.15) is 30.3 Å². The van der Waals surface area contributed by atoms with Crippen molar-refractivity contribution in [2.75, 3.05) is 11.5 Å². The minimum atomic E-state index is -3.08. The lowest BCUT2D eigenvalue weighted by Crippen LogP contribution is -2.21. The van der Waals surface area contributed by atoms with Crippen LogP contribution < -0.4 is 5.73 Å². The molecule has 84 valence electrons. The van der Waals surface area contributed by atoms with E-state index in [2.05, 4.69) is 5.16 Å². The van der Waals surface area contributed by atoms with Gasteiger partial charge in [-0.1, -0.05) is 11.6 Å². The first-order valence-electron chi connectivity index (χ1n) is 4.64. The van der Waals surface area contributed by atoms with E-state index in [1.165, 1.54) is 0 Å². The Morgan fingerprint density at radius 1 is 1.47 bits per heavy atom. The van der Waals surface area contributed by atoms with E-state index in [0.29, 0.717) is 15.8 Å². The fraction of sp³-hybridized carbons (Fsp3) is 0.625. The lowest BCUT2D eigenvalue weighted by molar-refractivity contribution is 0.370. The van der Waals surface area contributed by atoms with E-state index < -0.39 is 15.1 Å². The molecule has 1 aromatic heterocycles. The van der Waals surface area contributed by atoms with Gasteiger partial charge in [0.1, 0.15) is 8.82 Å². The molecule has 0 aromatic carbocycles. The molecule has 1 fully saturated rings. The Hall–Kier alpha value is -0.310. The lowest BCUT2D eigenvalue weighted by atomic mass is 10.1. The summed E-state index contributed by atoms with van der Waals surface area (Å²) in [4.78, 5) is 0. The number of sulfone groups is 1. The van der Waals surface area contributed by atoms with Crippen LogP contribution in [0.15, 0.2) is 4.52 Å². The SMILES string of the molecule is Nc1noc(C2CCCCS2(=O)=O)c1I. The van der Waals surface area contributed by atoms with Crippen LogP contribution in [0.3, 0.4) is 0 Å². The first kappa shape index (κ1) is 11.2. The van der Waals surface area contributed by atoms with Crippen molar-refractivity contribution in [2.24, 2.45) is 0 Å². The molecule has 1 unspecified atom stereocenters. The van der Waals surface area contributed by atoms with Crippen molar-refractivity contribution in [3.63, 3.8) is 0 Å². The topological polar surface area (TPSA) is 86.2 Å². The van der Waals surface area contributed by atoms with Gasteiger partial charge in [-0.3, -0.25) is 0 Å². The number of hydrogen-bond acceptors (Lipinski definition) is 5. The molecule has 0 amide bonds. The van der Waals surface area contributed by atoms with Crippen molar-refractivity contribution in [3.05, 3.63) is 9.33 Å². The zero-order valence-electron chi connectivity index (χ0n) is 7.94. The summed E-state index contributed by atoms with van der Waals surface area (Å²) in [6, 6.07) is 0. The second-order valence-electron chi connectivity index (χ2n) is 3.60. The van der Waals surface area contributed by atoms with Gasteiger partial charge in [-0.05, 0) is 35.4 Å². The van der Waals surface area contributed by atoms with Crippen LogP contribution in [-0.2, 0) is 9.84 Å². The molecule has 2 rings (SSSR count). The van der Waals surface area contributed by atoms with E-state index in [9.17, 15) is 8.42 Å². The van der Waals surface area contributed by atoms with Crippen molar-refractivity contribution in [3.8, 4) is 0 Å². The molecule has 1 aromatic rings. The number of nitrogen functional groups attached to an aromatic ring is 1. The number of anilines is 1. The summed E-state index contributed by atoms with van der Waals surface area (Å²) in [7, 11) is -3.08. The molecule has 0 spiro atoms. The number of rotatable bonds is 1. The number of aromatic nitrogens is 1. The molecule has 1 saturated heterocycles. The van der Waals surface area contributed by atoms with Gasteiger partial charge in [0, 0.05) is 0 Å². The van der Waals surface area contributed by atoms with E-state index in [1.807, 2.05) is 22.6 Å². The molecule has 7 heteroatoms. The summed E-state index contributed by atoms with van der Waals surface area (Å²) in [6.45, 7) is 0. The maximum absolute atomic E-state index is 11.8. The second-order valence-corrected chi connectivity index (χ2v) is 6.98. The van der Waals surface area contributed by atoms with Gasteiger partial charge in [-0.15, -0.1) is 0 Å². The lowest BCUT2D eigenvalue weighted by Gasteiger charge is -2.19. The quantitative estimate of drug-likeness (QED) is 0.782. The van der Waals surface area contributed by atoms with E-state index in [0.717, 1.165) is 12.8 Å². The molecule has 15 heavy (non-hydrogen) atoms. The van der Waals surface area contributed by atoms with Gasteiger partial charge < -0.3 is 10.3 Å². The van der Waals surface area contributed by atoms with Crippen LogP contribution in [0.25, 0.3) is 0 Å². The molecule has 1 aliphatic heterocycles. The van der Waals surface area contributed by atoms with Gasteiger partial charge in [0.15, 0.2) is 21.4 Å². The average Bonchev–Trinajstić information content (AvgIpc) is 2.48. The normalized spacial score (nSPS) is 25.3. The Morgan fingerprint density at radius 3 is 2.73 bits per heavy atom. The van der Waals surface area contributed by atoms with Crippen molar-refractivity contribution < 1.29 is 12.9 Å². The monoisotopic (exact) mass is 342 g/mol. The zero-order valence-corrected chi connectivity index (χ0v) is 10.9.